The van der Waals surface area contributed by atoms with E-state index in [4.69, 9.17) is 23.2 Å². The average molecular weight is 326 g/mol. The summed E-state index contributed by atoms with van der Waals surface area (Å²) in [5, 5.41) is 4.74. The molecule has 0 spiro atoms. The fraction of sp³-hybridized carbons (Fsp3) is 0.250. The van der Waals surface area contributed by atoms with E-state index in [9.17, 15) is 0 Å². The van der Waals surface area contributed by atoms with Crippen LogP contribution in [0.2, 0.25) is 10.0 Å². The van der Waals surface area contributed by atoms with E-state index < -0.39 is 0 Å². The number of nitrogens with one attached hydrogen (secondary N) is 1. The number of anilines is 1. The predicted octanol–water partition coefficient (Wildman–Crippen LogP) is 6.28. The molecular weight excluding hydrogens is 309 g/mol. The first kappa shape index (κ1) is 15.6. The van der Waals surface area contributed by atoms with Crippen LogP contribution in [0.5, 0.6) is 0 Å². The van der Waals surface area contributed by atoms with Crippen molar-refractivity contribution in [2.24, 2.45) is 0 Å². The van der Waals surface area contributed by atoms with Crippen LogP contribution in [0.25, 0.3) is 0 Å². The Morgan fingerprint density at radius 3 is 2.55 bits per heavy atom. The summed E-state index contributed by atoms with van der Waals surface area (Å²) in [7, 11) is 0. The molecule has 0 saturated carbocycles. The second kappa shape index (κ2) is 7.26. The molecule has 0 fully saturated rings. The highest BCUT2D eigenvalue weighted by Gasteiger charge is 2.11. The van der Waals surface area contributed by atoms with Crippen molar-refractivity contribution >= 4 is 40.7 Å². The summed E-state index contributed by atoms with van der Waals surface area (Å²) in [6, 6.07) is 14.4. The van der Waals surface area contributed by atoms with Crippen LogP contribution in [0.3, 0.4) is 0 Å². The molecule has 1 nitrogen and oxygen atoms in total. The van der Waals surface area contributed by atoms with Crippen molar-refractivity contribution in [3.05, 3.63) is 58.1 Å². The number of halogens is 2. The molecule has 4 heteroatoms. The molecule has 0 aliphatic carbocycles. The fourth-order valence-corrected chi connectivity index (χ4v) is 2.83. The van der Waals surface area contributed by atoms with Gasteiger partial charge in [0.25, 0.3) is 0 Å². The van der Waals surface area contributed by atoms with E-state index in [2.05, 4.69) is 42.8 Å². The second-order valence-electron chi connectivity index (χ2n) is 4.51. The van der Waals surface area contributed by atoms with Gasteiger partial charge in [0.1, 0.15) is 0 Å². The Kier molecular flexibility index (Phi) is 5.64. The minimum atomic E-state index is 0.224. The summed E-state index contributed by atoms with van der Waals surface area (Å²) in [6.07, 6.45) is 3.05. The maximum absolute atomic E-state index is 6.10. The first-order valence-electron chi connectivity index (χ1n) is 6.49. The Labute approximate surface area is 134 Å². The van der Waals surface area contributed by atoms with Crippen LogP contribution in [0.4, 0.5) is 5.69 Å². The Bertz CT molecular complexity index is 586. The quantitative estimate of drug-likeness (QED) is 0.649. The van der Waals surface area contributed by atoms with Gasteiger partial charge in [0.05, 0.1) is 16.1 Å². The van der Waals surface area contributed by atoms with Crippen molar-refractivity contribution < 1.29 is 0 Å². The first-order chi connectivity index (χ1) is 9.63. The van der Waals surface area contributed by atoms with E-state index in [0.717, 1.165) is 17.7 Å². The third-order valence-electron chi connectivity index (χ3n) is 3.16. The third-order valence-corrected chi connectivity index (χ3v) is 4.63. The molecule has 0 aliphatic rings. The summed E-state index contributed by atoms with van der Waals surface area (Å²) in [5.74, 6) is 0. The fourth-order valence-electron chi connectivity index (χ4n) is 2.06. The van der Waals surface area contributed by atoms with Crippen LogP contribution in [0.15, 0.2) is 47.4 Å². The van der Waals surface area contributed by atoms with Gasteiger partial charge in [-0.25, -0.2) is 0 Å². The molecule has 1 N–H and O–H groups in total. The molecular formula is C16H17Cl2NS. The van der Waals surface area contributed by atoms with Gasteiger partial charge in [0.15, 0.2) is 0 Å². The van der Waals surface area contributed by atoms with Crippen LogP contribution in [-0.4, -0.2) is 6.26 Å². The van der Waals surface area contributed by atoms with Gasteiger partial charge in [0, 0.05) is 10.6 Å². The van der Waals surface area contributed by atoms with Crippen molar-refractivity contribution in [2.75, 3.05) is 11.6 Å². The minimum absolute atomic E-state index is 0.224. The van der Waals surface area contributed by atoms with Crippen LogP contribution in [0.1, 0.15) is 24.9 Å². The van der Waals surface area contributed by atoms with Crippen molar-refractivity contribution in [3.63, 3.8) is 0 Å². The molecule has 2 rings (SSSR count). The summed E-state index contributed by atoms with van der Waals surface area (Å²) in [5.41, 5.74) is 2.27. The summed E-state index contributed by atoms with van der Waals surface area (Å²) in [6.45, 7) is 2.15. The number of rotatable bonds is 5. The summed E-state index contributed by atoms with van der Waals surface area (Å²) < 4.78 is 0. The zero-order chi connectivity index (χ0) is 14.5. The molecule has 0 aliphatic heterocycles. The van der Waals surface area contributed by atoms with Crippen LogP contribution >= 0.6 is 35.0 Å². The Morgan fingerprint density at radius 1 is 1.10 bits per heavy atom. The highest BCUT2D eigenvalue weighted by Crippen LogP contribution is 2.29. The lowest BCUT2D eigenvalue weighted by molar-refractivity contribution is 0.749. The maximum Gasteiger partial charge on any atom is 0.0595 e. The van der Waals surface area contributed by atoms with E-state index >= 15 is 0 Å². The van der Waals surface area contributed by atoms with Crippen molar-refractivity contribution in [2.45, 2.75) is 24.3 Å². The van der Waals surface area contributed by atoms with Crippen LogP contribution < -0.4 is 5.32 Å². The smallest absolute Gasteiger partial charge is 0.0595 e. The minimum Gasteiger partial charge on any atom is -0.378 e. The third kappa shape index (κ3) is 3.85. The summed E-state index contributed by atoms with van der Waals surface area (Å²) >= 11 is 13.8. The molecule has 1 atom stereocenters. The monoisotopic (exact) mass is 325 g/mol. The predicted molar refractivity (Wildman–Crippen MR) is 91.3 cm³/mol. The number of hydrogen-bond donors (Lipinski definition) is 1. The van der Waals surface area contributed by atoms with Gasteiger partial charge in [-0.3, -0.25) is 0 Å². The van der Waals surface area contributed by atoms with Gasteiger partial charge in [-0.2, -0.15) is 0 Å². The molecule has 20 heavy (non-hydrogen) atoms. The Morgan fingerprint density at radius 2 is 1.90 bits per heavy atom. The lowest BCUT2D eigenvalue weighted by Crippen LogP contribution is -2.09. The van der Waals surface area contributed by atoms with E-state index in [-0.39, 0.29) is 6.04 Å². The number of benzene rings is 2. The topological polar surface area (TPSA) is 12.0 Å². The van der Waals surface area contributed by atoms with Gasteiger partial charge < -0.3 is 5.32 Å². The molecule has 0 aromatic heterocycles. The average Bonchev–Trinajstić information content (AvgIpc) is 2.48. The van der Waals surface area contributed by atoms with Crippen LogP contribution in [-0.2, 0) is 0 Å². The van der Waals surface area contributed by atoms with Crippen molar-refractivity contribution in [3.8, 4) is 0 Å². The normalized spacial score (nSPS) is 12.2. The number of hydrogen-bond acceptors (Lipinski definition) is 2. The highest BCUT2D eigenvalue weighted by atomic mass is 35.5. The highest BCUT2D eigenvalue weighted by molar-refractivity contribution is 7.98. The lowest BCUT2D eigenvalue weighted by atomic mass is 10.0. The van der Waals surface area contributed by atoms with Gasteiger partial charge in [-0.1, -0.05) is 42.3 Å². The molecule has 0 saturated heterocycles. The standard InChI is InChI=1S/C16H17Cl2NS/c1-3-16(11-7-8-14(17)15(18)9-11)19-12-5-4-6-13(10-12)20-2/h4-10,16,19H,3H2,1-2H3. The summed E-state index contributed by atoms with van der Waals surface area (Å²) in [4.78, 5) is 1.25. The number of thioether (sulfide) groups is 1. The molecule has 0 amide bonds. The Hall–Kier alpha value is -0.830. The molecule has 2 aromatic rings. The second-order valence-corrected chi connectivity index (χ2v) is 6.20. The SMILES string of the molecule is CCC(Nc1cccc(SC)c1)c1ccc(Cl)c(Cl)c1. The Balaban J connectivity index is 2.21. The molecule has 0 radical (unpaired) electrons. The lowest BCUT2D eigenvalue weighted by Gasteiger charge is -2.19. The van der Waals surface area contributed by atoms with E-state index in [0.29, 0.717) is 10.0 Å². The first-order valence-corrected chi connectivity index (χ1v) is 8.47. The van der Waals surface area contributed by atoms with Gasteiger partial charge >= 0.3 is 0 Å². The van der Waals surface area contributed by atoms with E-state index in [1.165, 1.54) is 4.90 Å². The molecule has 1 unspecified atom stereocenters. The molecule has 2 aromatic carbocycles. The van der Waals surface area contributed by atoms with Crippen molar-refractivity contribution in [1.29, 1.82) is 0 Å². The molecule has 0 bridgehead atoms. The largest absolute Gasteiger partial charge is 0.378 e. The van der Waals surface area contributed by atoms with Gasteiger partial charge in [-0.05, 0) is 48.6 Å². The molecule has 0 heterocycles. The van der Waals surface area contributed by atoms with Crippen molar-refractivity contribution in [1.82, 2.24) is 0 Å². The zero-order valence-corrected chi connectivity index (χ0v) is 13.8. The van der Waals surface area contributed by atoms with Gasteiger partial charge in [0.2, 0.25) is 0 Å². The molecule has 106 valence electrons. The van der Waals surface area contributed by atoms with E-state index in [1.807, 2.05) is 18.2 Å². The van der Waals surface area contributed by atoms with E-state index in [1.54, 1.807) is 11.8 Å². The zero-order valence-electron chi connectivity index (χ0n) is 11.5. The van der Waals surface area contributed by atoms with Crippen LogP contribution in [0, 0.1) is 0 Å². The maximum atomic E-state index is 6.10. The van der Waals surface area contributed by atoms with Gasteiger partial charge in [-0.15, -0.1) is 11.8 Å².